The molecule has 4 rings (SSSR count). The van der Waals surface area contributed by atoms with E-state index in [0.29, 0.717) is 37.4 Å². The maximum atomic E-state index is 13.1. The fourth-order valence-electron chi connectivity index (χ4n) is 3.72. The zero-order chi connectivity index (χ0) is 22.0. The molecule has 0 atom stereocenters. The number of aromatic nitrogens is 3. The second-order valence-electron chi connectivity index (χ2n) is 7.32. The second kappa shape index (κ2) is 8.55. The number of benzene rings is 2. The normalized spacial score (nSPS) is 12.9. The van der Waals surface area contributed by atoms with Gasteiger partial charge in [0.05, 0.1) is 11.4 Å². The van der Waals surface area contributed by atoms with Gasteiger partial charge in [0.1, 0.15) is 5.82 Å². The van der Waals surface area contributed by atoms with Gasteiger partial charge in [-0.3, -0.25) is 4.79 Å². The van der Waals surface area contributed by atoms with Crippen LogP contribution in [0.15, 0.2) is 42.5 Å². The van der Waals surface area contributed by atoms with Crippen LogP contribution in [0.25, 0.3) is 5.69 Å². The van der Waals surface area contributed by atoms with Gasteiger partial charge in [-0.1, -0.05) is 17.3 Å². The monoisotopic (exact) mass is 422 g/mol. The van der Waals surface area contributed by atoms with Gasteiger partial charge in [0.25, 0.3) is 5.91 Å². The van der Waals surface area contributed by atoms with Crippen molar-refractivity contribution in [2.75, 3.05) is 18.4 Å². The minimum atomic E-state index is -0.414. The van der Waals surface area contributed by atoms with E-state index in [1.165, 1.54) is 24.3 Å². The summed E-state index contributed by atoms with van der Waals surface area (Å²) in [5, 5.41) is 13.8. The summed E-state index contributed by atoms with van der Waals surface area (Å²) in [5.41, 5.74) is 4.24. The van der Waals surface area contributed by atoms with Crippen LogP contribution in [0.4, 0.5) is 14.9 Å². The maximum absolute atomic E-state index is 13.1. The first kappa shape index (κ1) is 20.5. The lowest BCUT2D eigenvalue weighted by Gasteiger charge is -2.30. The number of anilines is 1. The number of nitrogens with one attached hydrogen (secondary N) is 2. The van der Waals surface area contributed by atoms with Gasteiger partial charge >= 0.3 is 6.03 Å². The standard InChI is InChI=1S/C22H23FN6O2/c1-3-24-22(31)28-12-11-18-15(13-28)5-4-6-19(18)29-14(2)20(26-27-29)21(30)25-17-9-7-16(23)8-10-17/h4-10H,3,11-13H2,1-2H3,(H,24,31)(H,25,30). The summed E-state index contributed by atoms with van der Waals surface area (Å²) in [5.74, 6) is -0.790. The fourth-order valence-corrected chi connectivity index (χ4v) is 3.72. The van der Waals surface area contributed by atoms with E-state index in [1.807, 2.05) is 25.1 Å². The largest absolute Gasteiger partial charge is 0.338 e. The molecule has 1 aromatic heterocycles. The van der Waals surface area contributed by atoms with Crippen molar-refractivity contribution in [3.63, 3.8) is 0 Å². The Bertz CT molecular complexity index is 1130. The summed E-state index contributed by atoms with van der Waals surface area (Å²) in [4.78, 5) is 26.6. The molecule has 160 valence electrons. The number of hydrogen-bond acceptors (Lipinski definition) is 4. The summed E-state index contributed by atoms with van der Waals surface area (Å²) in [6, 6.07) is 11.3. The third kappa shape index (κ3) is 4.11. The van der Waals surface area contributed by atoms with Crippen LogP contribution in [-0.4, -0.2) is 44.9 Å². The summed E-state index contributed by atoms with van der Waals surface area (Å²) in [6.45, 7) is 5.37. The third-order valence-corrected chi connectivity index (χ3v) is 5.30. The van der Waals surface area contributed by atoms with Crippen molar-refractivity contribution in [2.45, 2.75) is 26.8 Å². The number of amides is 3. The second-order valence-corrected chi connectivity index (χ2v) is 7.32. The van der Waals surface area contributed by atoms with E-state index >= 15 is 0 Å². The Kier molecular flexibility index (Phi) is 5.66. The highest BCUT2D eigenvalue weighted by molar-refractivity contribution is 6.03. The number of carbonyl (C=O) groups excluding carboxylic acids is 2. The van der Waals surface area contributed by atoms with Crippen LogP contribution >= 0.6 is 0 Å². The molecular weight excluding hydrogens is 399 g/mol. The van der Waals surface area contributed by atoms with Crippen molar-refractivity contribution >= 4 is 17.6 Å². The first-order valence-electron chi connectivity index (χ1n) is 10.1. The smallest absolute Gasteiger partial charge is 0.317 e. The maximum Gasteiger partial charge on any atom is 0.317 e. The molecule has 0 aliphatic carbocycles. The quantitative estimate of drug-likeness (QED) is 0.676. The Morgan fingerprint density at radius 3 is 2.68 bits per heavy atom. The molecule has 0 saturated carbocycles. The summed E-state index contributed by atoms with van der Waals surface area (Å²) in [7, 11) is 0. The molecule has 1 aliphatic rings. The predicted octanol–water partition coefficient (Wildman–Crippen LogP) is 3.05. The molecule has 0 spiro atoms. The molecule has 0 fully saturated rings. The van der Waals surface area contributed by atoms with E-state index in [-0.39, 0.29) is 17.5 Å². The highest BCUT2D eigenvalue weighted by atomic mass is 19.1. The van der Waals surface area contributed by atoms with Crippen LogP contribution in [0.3, 0.4) is 0 Å². The van der Waals surface area contributed by atoms with Crippen molar-refractivity contribution < 1.29 is 14.0 Å². The number of hydrogen-bond donors (Lipinski definition) is 2. The Morgan fingerprint density at radius 2 is 1.94 bits per heavy atom. The first-order chi connectivity index (χ1) is 15.0. The van der Waals surface area contributed by atoms with Crippen LogP contribution < -0.4 is 10.6 Å². The van der Waals surface area contributed by atoms with Gasteiger partial charge in [0, 0.05) is 25.3 Å². The van der Waals surface area contributed by atoms with E-state index in [9.17, 15) is 14.0 Å². The molecule has 1 aliphatic heterocycles. The number of urea groups is 1. The van der Waals surface area contributed by atoms with Crippen molar-refractivity contribution in [3.05, 3.63) is 70.8 Å². The molecule has 0 bridgehead atoms. The summed E-state index contributed by atoms with van der Waals surface area (Å²) < 4.78 is 14.7. The molecule has 3 amide bonds. The van der Waals surface area contributed by atoms with Crippen molar-refractivity contribution in [2.24, 2.45) is 0 Å². The van der Waals surface area contributed by atoms with Crippen molar-refractivity contribution in [3.8, 4) is 5.69 Å². The molecule has 2 aromatic carbocycles. The third-order valence-electron chi connectivity index (χ3n) is 5.30. The van der Waals surface area contributed by atoms with E-state index in [1.54, 1.807) is 16.5 Å². The molecule has 9 heteroatoms. The van der Waals surface area contributed by atoms with E-state index in [0.717, 1.165) is 16.8 Å². The molecule has 31 heavy (non-hydrogen) atoms. The van der Waals surface area contributed by atoms with Gasteiger partial charge in [0.2, 0.25) is 0 Å². The summed E-state index contributed by atoms with van der Waals surface area (Å²) >= 11 is 0. The zero-order valence-corrected chi connectivity index (χ0v) is 17.4. The van der Waals surface area contributed by atoms with Crippen LogP contribution in [-0.2, 0) is 13.0 Å². The molecule has 8 nitrogen and oxygen atoms in total. The Morgan fingerprint density at radius 1 is 1.16 bits per heavy atom. The van der Waals surface area contributed by atoms with Gasteiger partial charge in [0.15, 0.2) is 5.69 Å². The van der Waals surface area contributed by atoms with Crippen LogP contribution in [0.1, 0.15) is 34.2 Å². The summed E-state index contributed by atoms with van der Waals surface area (Å²) in [6.07, 6.45) is 0.680. The Labute approximate surface area is 179 Å². The minimum Gasteiger partial charge on any atom is -0.338 e. The minimum absolute atomic E-state index is 0.0739. The topological polar surface area (TPSA) is 92.2 Å². The van der Waals surface area contributed by atoms with E-state index in [2.05, 4.69) is 20.9 Å². The zero-order valence-electron chi connectivity index (χ0n) is 17.4. The van der Waals surface area contributed by atoms with Gasteiger partial charge in [-0.2, -0.15) is 0 Å². The van der Waals surface area contributed by atoms with E-state index < -0.39 is 5.91 Å². The lowest BCUT2D eigenvalue weighted by molar-refractivity contribution is 0.102. The molecule has 0 radical (unpaired) electrons. The molecule has 0 unspecified atom stereocenters. The highest BCUT2D eigenvalue weighted by Gasteiger charge is 2.25. The lowest BCUT2D eigenvalue weighted by atomic mass is 9.98. The van der Waals surface area contributed by atoms with Gasteiger partial charge in [-0.15, -0.1) is 5.10 Å². The molecule has 2 N–H and O–H groups in total. The number of halogens is 1. The van der Waals surface area contributed by atoms with Gasteiger partial charge in [-0.25, -0.2) is 13.9 Å². The van der Waals surface area contributed by atoms with Crippen molar-refractivity contribution in [1.29, 1.82) is 0 Å². The average molecular weight is 422 g/mol. The fraction of sp³-hybridized carbons (Fsp3) is 0.273. The Hall–Kier alpha value is -3.75. The van der Waals surface area contributed by atoms with Gasteiger partial charge in [-0.05, 0) is 61.7 Å². The lowest BCUT2D eigenvalue weighted by Crippen LogP contribution is -2.42. The van der Waals surface area contributed by atoms with Crippen LogP contribution in [0, 0.1) is 12.7 Å². The molecule has 3 aromatic rings. The van der Waals surface area contributed by atoms with Crippen LogP contribution in [0.5, 0.6) is 0 Å². The average Bonchev–Trinajstić information content (AvgIpc) is 3.16. The SMILES string of the molecule is CCNC(=O)N1CCc2c(cccc2-n2nnc(C(=O)Nc3ccc(F)cc3)c2C)C1. The Balaban J connectivity index is 1.58. The van der Waals surface area contributed by atoms with Crippen molar-refractivity contribution in [1.82, 2.24) is 25.2 Å². The van der Waals surface area contributed by atoms with Gasteiger partial charge < -0.3 is 15.5 Å². The van der Waals surface area contributed by atoms with E-state index in [4.69, 9.17) is 0 Å². The number of carbonyl (C=O) groups is 2. The molecular formula is C22H23FN6O2. The number of nitrogens with zero attached hydrogens (tertiary/aromatic N) is 4. The molecule has 0 saturated heterocycles. The predicted molar refractivity (Wildman–Crippen MR) is 114 cm³/mol. The highest BCUT2D eigenvalue weighted by Crippen LogP contribution is 2.26. The number of fused-ring (bicyclic) bond motifs is 1. The van der Waals surface area contributed by atoms with Crippen LogP contribution in [0.2, 0.25) is 0 Å². The number of rotatable bonds is 4. The first-order valence-corrected chi connectivity index (χ1v) is 10.1. The molecule has 2 heterocycles.